The van der Waals surface area contributed by atoms with Crippen LogP contribution in [0.4, 0.5) is 0 Å². The van der Waals surface area contributed by atoms with Crippen LogP contribution in [-0.2, 0) is 14.3 Å². The Labute approximate surface area is 183 Å². The fourth-order valence-electron chi connectivity index (χ4n) is 2.39. The highest BCUT2D eigenvalue weighted by Crippen LogP contribution is 2.18. The summed E-state index contributed by atoms with van der Waals surface area (Å²) in [7, 11) is 0. The van der Waals surface area contributed by atoms with E-state index in [9.17, 15) is 9.59 Å². The first-order chi connectivity index (χ1) is 13.4. The SMILES string of the molecule is C=CC(=O)CC(C)C.CC(C)CC1CO1.CCC(=O)CC(C)C.CCCC(C)C. The molecule has 174 valence electrons. The third kappa shape index (κ3) is 38.3. The van der Waals surface area contributed by atoms with Gasteiger partial charge in [-0.05, 0) is 36.2 Å². The quantitative estimate of drug-likeness (QED) is 0.273. The zero-order valence-electron chi connectivity index (χ0n) is 21.3. The minimum Gasteiger partial charge on any atom is -0.373 e. The lowest BCUT2D eigenvalue weighted by molar-refractivity contribution is -0.119. The molecule has 0 saturated carbocycles. The molecule has 0 aromatic heterocycles. The standard InChI is InChI=1S/C7H14O.C7H12O.C6H12O.C6H14/c2*1-4-7(8)5-6(2)3;1-5(2)3-6-4-7-6;1-4-5-6(2)3/h6H,4-5H2,1-3H3;4,6H,1,5H2,2-3H3;5-6H,3-4H2,1-2H3;6H,4-5H2,1-3H3. The Hall–Kier alpha value is -0.960. The molecular formula is C26H52O3. The maximum atomic E-state index is 10.6. The van der Waals surface area contributed by atoms with E-state index < -0.39 is 0 Å². The van der Waals surface area contributed by atoms with Crippen LogP contribution in [0.1, 0.15) is 108 Å². The topological polar surface area (TPSA) is 46.7 Å². The van der Waals surface area contributed by atoms with Crippen LogP contribution in [-0.4, -0.2) is 24.3 Å². The molecule has 3 heteroatoms. The number of carbonyl (C=O) groups is 2. The monoisotopic (exact) mass is 412 g/mol. The van der Waals surface area contributed by atoms with Crippen molar-refractivity contribution in [2.24, 2.45) is 23.7 Å². The Morgan fingerprint density at radius 1 is 0.897 bits per heavy atom. The second-order valence-electron chi connectivity index (χ2n) is 9.53. The molecule has 1 fully saturated rings. The number of hydrogen-bond donors (Lipinski definition) is 0. The van der Waals surface area contributed by atoms with Crippen LogP contribution in [0, 0.1) is 23.7 Å². The third-order valence-electron chi connectivity index (χ3n) is 3.87. The van der Waals surface area contributed by atoms with Crippen LogP contribution in [0.3, 0.4) is 0 Å². The van der Waals surface area contributed by atoms with Crippen molar-refractivity contribution in [2.75, 3.05) is 6.61 Å². The first-order valence-electron chi connectivity index (χ1n) is 11.7. The van der Waals surface area contributed by atoms with E-state index >= 15 is 0 Å². The summed E-state index contributed by atoms with van der Waals surface area (Å²) in [6.07, 6.45) is 8.02. The van der Waals surface area contributed by atoms with Gasteiger partial charge in [0.15, 0.2) is 5.78 Å². The van der Waals surface area contributed by atoms with Gasteiger partial charge in [-0.25, -0.2) is 0 Å². The summed E-state index contributed by atoms with van der Waals surface area (Å²) in [6.45, 7) is 25.6. The molecular weight excluding hydrogens is 360 g/mol. The number of hydrogen-bond acceptors (Lipinski definition) is 3. The van der Waals surface area contributed by atoms with E-state index in [0.29, 0.717) is 36.6 Å². The van der Waals surface area contributed by atoms with Crippen molar-refractivity contribution in [1.29, 1.82) is 0 Å². The van der Waals surface area contributed by atoms with E-state index in [-0.39, 0.29) is 5.78 Å². The summed E-state index contributed by atoms with van der Waals surface area (Å²) in [5.74, 6) is 3.21. The van der Waals surface area contributed by atoms with Crippen LogP contribution >= 0.6 is 0 Å². The smallest absolute Gasteiger partial charge is 0.155 e. The maximum Gasteiger partial charge on any atom is 0.155 e. The number of ketones is 2. The Balaban J connectivity index is -0.000000313. The van der Waals surface area contributed by atoms with Gasteiger partial charge in [0.25, 0.3) is 0 Å². The van der Waals surface area contributed by atoms with Gasteiger partial charge in [-0.3, -0.25) is 9.59 Å². The second-order valence-corrected chi connectivity index (χ2v) is 9.53. The molecule has 1 saturated heterocycles. The van der Waals surface area contributed by atoms with E-state index in [4.69, 9.17) is 4.74 Å². The van der Waals surface area contributed by atoms with E-state index in [1.807, 2.05) is 20.8 Å². The second kappa shape index (κ2) is 21.7. The van der Waals surface area contributed by atoms with Crippen molar-refractivity contribution in [3.8, 4) is 0 Å². The van der Waals surface area contributed by atoms with Gasteiger partial charge >= 0.3 is 0 Å². The Kier molecular flexibility index (Phi) is 24.5. The normalized spacial score (nSPS) is 14.3. The zero-order valence-corrected chi connectivity index (χ0v) is 21.3. The van der Waals surface area contributed by atoms with E-state index in [2.05, 4.69) is 55.0 Å². The fourth-order valence-corrected chi connectivity index (χ4v) is 2.39. The molecule has 1 unspecified atom stereocenters. The van der Waals surface area contributed by atoms with Crippen LogP contribution in [0.2, 0.25) is 0 Å². The Bertz CT molecular complexity index is 391. The average Bonchev–Trinajstić information content (AvgIpc) is 3.38. The van der Waals surface area contributed by atoms with Crippen molar-refractivity contribution >= 4 is 11.6 Å². The van der Waals surface area contributed by atoms with E-state index in [0.717, 1.165) is 24.9 Å². The fraction of sp³-hybridized carbons (Fsp3) is 0.846. The summed E-state index contributed by atoms with van der Waals surface area (Å²) in [6, 6.07) is 0. The highest BCUT2D eigenvalue weighted by atomic mass is 16.6. The molecule has 1 aliphatic heterocycles. The molecule has 29 heavy (non-hydrogen) atoms. The van der Waals surface area contributed by atoms with E-state index in [1.165, 1.54) is 25.3 Å². The molecule has 0 bridgehead atoms. The third-order valence-corrected chi connectivity index (χ3v) is 3.87. The summed E-state index contributed by atoms with van der Waals surface area (Å²) in [4.78, 5) is 21.1. The van der Waals surface area contributed by atoms with Gasteiger partial charge in [0, 0.05) is 19.3 Å². The van der Waals surface area contributed by atoms with Crippen LogP contribution in [0.5, 0.6) is 0 Å². The zero-order chi connectivity index (χ0) is 23.4. The number of allylic oxidation sites excluding steroid dienone is 1. The van der Waals surface area contributed by atoms with Crippen molar-refractivity contribution in [3.63, 3.8) is 0 Å². The van der Waals surface area contributed by atoms with Gasteiger partial charge in [-0.1, -0.05) is 88.7 Å². The molecule has 0 radical (unpaired) electrons. The number of epoxide rings is 1. The molecule has 0 N–H and O–H groups in total. The number of Topliss-reactive ketones (excluding diaryl/α,β-unsaturated/α-hetero) is 1. The number of rotatable bonds is 10. The summed E-state index contributed by atoms with van der Waals surface area (Å²) in [5, 5.41) is 0. The Morgan fingerprint density at radius 3 is 1.48 bits per heavy atom. The Morgan fingerprint density at radius 2 is 1.38 bits per heavy atom. The molecule has 1 atom stereocenters. The molecule has 0 amide bonds. The largest absolute Gasteiger partial charge is 0.373 e. The first kappa shape index (κ1) is 32.7. The van der Waals surface area contributed by atoms with Gasteiger partial charge in [-0.15, -0.1) is 0 Å². The number of carbonyl (C=O) groups excluding carboxylic acids is 2. The summed E-state index contributed by atoms with van der Waals surface area (Å²) < 4.78 is 5.02. The lowest BCUT2D eigenvalue weighted by atomic mass is 10.1. The van der Waals surface area contributed by atoms with Gasteiger partial charge in [-0.2, -0.15) is 0 Å². The molecule has 3 nitrogen and oxygen atoms in total. The molecule has 1 aliphatic rings. The van der Waals surface area contributed by atoms with Crippen LogP contribution < -0.4 is 0 Å². The lowest BCUT2D eigenvalue weighted by Gasteiger charge is -1.98. The molecule has 1 heterocycles. The molecule has 0 aromatic rings. The minimum atomic E-state index is 0.139. The predicted octanol–water partition coefficient (Wildman–Crippen LogP) is 7.67. The van der Waals surface area contributed by atoms with Gasteiger partial charge in [0.2, 0.25) is 0 Å². The number of ether oxygens (including phenoxy) is 1. The van der Waals surface area contributed by atoms with Gasteiger partial charge in [0.1, 0.15) is 5.78 Å². The predicted molar refractivity (Wildman–Crippen MR) is 128 cm³/mol. The van der Waals surface area contributed by atoms with Crippen molar-refractivity contribution in [2.45, 2.75) is 114 Å². The minimum absolute atomic E-state index is 0.139. The van der Waals surface area contributed by atoms with Gasteiger partial charge < -0.3 is 4.74 Å². The van der Waals surface area contributed by atoms with Crippen LogP contribution in [0.25, 0.3) is 0 Å². The molecule has 1 rings (SSSR count). The molecule has 0 aromatic carbocycles. The summed E-state index contributed by atoms with van der Waals surface area (Å²) in [5.41, 5.74) is 0. The maximum absolute atomic E-state index is 10.6. The summed E-state index contributed by atoms with van der Waals surface area (Å²) >= 11 is 0. The van der Waals surface area contributed by atoms with E-state index in [1.54, 1.807) is 0 Å². The highest BCUT2D eigenvalue weighted by Gasteiger charge is 2.22. The van der Waals surface area contributed by atoms with Crippen molar-refractivity contribution in [1.82, 2.24) is 0 Å². The van der Waals surface area contributed by atoms with Crippen LogP contribution in [0.15, 0.2) is 12.7 Å². The molecule has 0 aliphatic carbocycles. The highest BCUT2D eigenvalue weighted by molar-refractivity contribution is 5.89. The first-order valence-corrected chi connectivity index (χ1v) is 11.7. The molecule has 0 spiro atoms. The van der Waals surface area contributed by atoms with Crippen molar-refractivity contribution < 1.29 is 14.3 Å². The van der Waals surface area contributed by atoms with Crippen molar-refractivity contribution in [3.05, 3.63) is 12.7 Å². The lowest BCUT2D eigenvalue weighted by Crippen LogP contribution is -1.99. The van der Waals surface area contributed by atoms with Gasteiger partial charge in [0.05, 0.1) is 12.7 Å². The average molecular weight is 413 g/mol.